The molecule has 0 aliphatic rings. The maximum absolute atomic E-state index is 11.6. The van der Waals surface area contributed by atoms with Crippen molar-refractivity contribution in [3.05, 3.63) is 51.2 Å². The number of hydrogen-bond acceptors (Lipinski definition) is 2. The summed E-state index contributed by atoms with van der Waals surface area (Å²) in [5.41, 5.74) is 1.73. The van der Waals surface area contributed by atoms with Crippen LogP contribution in [0.3, 0.4) is 0 Å². The first kappa shape index (κ1) is 12.0. The summed E-state index contributed by atoms with van der Waals surface area (Å²) in [5, 5.41) is 4.37. The molecule has 0 aliphatic carbocycles. The second kappa shape index (κ2) is 4.84. The molecule has 0 spiro atoms. The van der Waals surface area contributed by atoms with Crippen molar-refractivity contribution in [2.75, 3.05) is 0 Å². The van der Waals surface area contributed by atoms with E-state index in [1.807, 2.05) is 38.1 Å². The van der Waals surface area contributed by atoms with Gasteiger partial charge >= 0.3 is 0 Å². The molecule has 3 nitrogen and oxygen atoms in total. The van der Waals surface area contributed by atoms with Gasteiger partial charge in [0.05, 0.1) is 11.7 Å². The number of hydrogen-bond donors (Lipinski definition) is 0. The van der Waals surface area contributed by atoms with Crippen LogP contribution in [-0.4, -0.2) is 9.78 Å². The van der Waals surface area contributed by atoms with E-state index in [4.69, 9.17) is 0 Å². The normalized spacial score (nSPS) is 10.8. The van der Waals surface area contributed by atoms with Crippen molar-refractivity contribution in [2.24, 2.45) is 0 Å². The van der Waals surface area contributed by atoms with Crippen molar-refractivity contribution in [3.63, 3.8) is 0 Å². The van der Waals surface area contributed by atoms with Crippen molar-refractivity contribution in [1.29, 1.82) is 0 Å². The van der Waals surface area contributed by atoms with Gasteiger partial charge in [-0.2, -0.15) is 5.10 Å². The van der Waals surface area contributed by atoms with Crippen molar-refractivity contribution >= 4 is 15.9 Å². The van der Waals surface area contributed by atoms with Gasteiger partial charge in [0.15, 0.2) is 0 Å². The molecule has 2 rings (SSSR count). The zero-order chi connectivity index (χ0) is 12.4. The van der Waals surface area contributed by atoms with Crippen LogP contribution in [0.25, 0.3) is 11.3 Å². The second-order valence-electron chi connectivity index (χ2n) is 4.11. The predicted molar refractivity (Wildman–Crippen MR) is 72.0 cm³/mol. The first-order valence-corrected chi connectivity index (χ1v) is 6.23. The van der Waals surface area contributed by atoms with Crippen molar-refractivity contribution in [1.82, 2.24) is 9.78 Å². The Hall–Kier alpha value is -1.42. The summed E-state index contributed by atoms with van der Waals surface area (Å²) in [4.78, 5) is 11.6. The molecule has 0 bridgehead atoms. The summed E-state index contributed by atoms with van der Waals surface area (Å²) in [6, 6.07) is 11.2. The second-order valence-corrected chi connectivity index (χ2v) is 5.02. The monoisotopic (exact) mass is 292 g/mol. The van der Waals surface area contributed by atoms with Gasteiger partial charge in [0.1, 0.15) is 0 Å². The predicted octanol–water partition coefficient (Wildman–Crippen LogP) is 3.25. The van der Waals surface area contributed by atoms with Gasteiger partial charge in [0.2, 0.25) is 0 Å². The van der Waals surface area contributed by atoms with Gasteiger partial charge in [0.25, 0.3) is 5.56 Å². The van der Waals surface area contributed by atoms with Gasteiger partial charge in [-0.1, -0.05) is 28.1 Å². The minimum atomic E-state index is -0.0706. The number of aromatic nitrogens is 2. The third kappa shape index (κ3) is 2.64. The molecule has 2 aromatic rings. The number of nitrogens with zero attached hydrogens (tertiary/aromatic N) is 2. The van der Waals surface area contributed by atoms with Crippen LogP contribution in [0.2, 0.25) is 0 Å². The van der Waals surface area contributed by atoms with E-state index in [9.17, 15) is 4.79 Å². The van der Waals surface area contributed by atoms with Gasteiger partial charge in [-0.25, -0.2) is 4.68 Å². The molecule has 0 saturated heterocycles. The molecule has 0 N–H and O–H groups in total. The van der Waals surface area contributed by atoms with Crippen LogP contribution in [0.5, 0.6) is 0 Å². The van der Waals surface area contributed by atoms with Crippen LogP contribution in [-0.2, 0) is 0 Å². The molecule has 1 heterocycles. The molecule has 0 unspecified atom stereocenters. The maximum atomic E-state index is 11.6. The third-order valence-corrected chi connectivity index (χ3v) is 2.93. The molecule has 0 atom stereocenters. The molecule has 0 radical (unpaired) electrons. The Morgan fingerprint density at radius 3 is 2.65 bits per heavy atom. The van der Waals surface area contributed by atoms with Crippen LogP contribution in [0.1, 0.15) is 19.9 Å². The average molecular weight is 293 g/mol. The average Bonchev–Trinajstić information content (AvgIpc) is 2.29. The largest absolute Gasteiger partial charge is 0.268 e. The lowest BCUT2D eigenvalue weighted by Crippen LogP contribution is -2.23. The highest BCUT2D eigenvalue weighted by molar-refractivity contribution is 9.10. The highest BCUT2D eigenvalue weighted by Crippen LogP contribution is 2.20. The number of benzene rings is 1. The molecule has 88 valence electrons. The van der Waals surface area contributed by atoms with Crippen LogP contribution in [0, 0.1) is 0 Å². The zero-order valence-corrected chi connectivity index (χ0v) is 11.3. The van der Waals surface area contributed by atoms with E-state index in [0.29, 0.717) is 0 Å². The topological polar surface area (TPSA) is 34.9 Å². The Morgan fingerprint density at radius 1 is 1.24 bits per heavy atom. The maximum Gasteiger partial charge on any atom is 0.267 e. The molecule has 0 amide bonds. The standard InChI is InChI=1S/C13H13BrN2O/c1-9(2)16-13(17)7-6-12(15-16)10-4-3-5-11(14)8-10/h3-9H,1-2H3. The minimum absolute atomic E-state index is 0.0644. The first-order valence-electron chi connectivity index (χ1n) is 5.44. The van der Waals surface area contributed by atoms with Crippen LogP contribution in [0.15, 0.2) is 45.7 Å². The fraction of sp³-hybridized carbons (Fsp3) is 0.231. The summed E-state index contributed by atoms with van der Waals surface area (Å²) in [6.07, 6.45) is 0. The quantitative estimate of drug-likeness (QED) is 0.852. The van der Waals surface area contributed by atoms with Crippen LogP contribution in [0.4, 0.5) is 0 Å². The summed E-state index contributed by atoms with van der Waals surface area (Å²) >= 11 is 3.43. The molecular weight excluding hydrogens is 280 g/mol. The highest BCUT2D eigenvalue weighted by Gasteiger charge is 2.05. The lowest BCUT2D eigenvalue weighted by molar-refractivity contribution is 0.505. The highest BCUT2D eigenvalue weighted by atomic mass is 79.9. The third-order valence-electron chi connectivity index (χ3n) is 2.43. The van der Waals surface area contributed by atoms with E-state index in [1.165, 1.54) is 4.68 Å². The Balaban J connectivity index is 2.54. The molecule has 4 heteroatoms. The van der Waals surface area contributed by atoms with E-state index in [2.05, 4.69) is 21.0 Å². The summed E-state index contributed by atoms with van der Waals surface area (Å²) in [5.74, 6) is 0. The number of halogens is 1. The van der Waals surface area contributed by atoms with E-state index in [-0.39, 0.29) is 11.6 Å². The molecule has 0 fully saturated rings. The van der Waals surface area contributed by atoms with Crippen molar-refractivity contribution < 1.29 is 0 Å². The van der Waals surface area contributed by atoms with Gasteiger partial charge in [-0.05, 0) is 32.0 Å². The Kier molecular flexibility index (Phi) is 3.43. The van der Waals surface area contributed by atoms with Gasteiger partial charge in [0, 0.05) is 16.1 Å². The molecule has 17 heavy (non-hydrogen) atoms. The fourth-order valence-electron chi connectivity index (χ4n) is 1.60. The summed E-state index contributed by atoms with van der Waals surface area (Å²) in [6.45, 7) is 3.89. The van der Waals surface area contributed by atoms with Gasteiger partial charge in [-0.15, -0.1) is 0 Å². The Morgan fingerprint density at radius 2 is 2.00 bits per heavy atom. The van der Waals surface area contributed by atoms with E-state index >= 15 is 0 Å². The van der Waals surface area contributed by atoms with E-state index in [0.717, 1.165) is 15.7 Å². The lowest BCUT2D eigenvalue weighted by Gasteiger charge is -2.10. The minimum Gasteiger partial charge on any atom is -0.268 e. The summed E-state index contributed by atoms with van der Waals surface area (Å²) in [7, 11) is 0. The van der Waals surface area contributed by atoms with Crippen LogP contribution >= 0.6 is 15.9 Å². The first-order chi connectivity index (χ1) is 8.08. The smallest absolute Gasteiger partial charge is 0.267 e. The van der Waals surface area contributed by atoms with Crippen LogP contribution < -0.4 is 5.56 Å². The van der Waals surface area contributed by atoms with Gasteiger partial charge < -0.3 is 0 Å². The van der Waals surface area contributed by atoms with Gasteiger partial charge in [-0.3, -0.25) is 4.79 Å². The van der Waals surface area contributed by atoms with Crippen molar-refractivity contribution in [2.45, 2.75) is 19.9 Å². The van der Waals surface area contributed by atoms with E-state index in [1.54, 1.807) is 12.1 Å². The Bertz CT molecular complexity index is 590. The molecular formula is C13H13BrN2O. The molecule has 1 aromatic carbocycles. The van der Waals surface area contributed by atoms with E-state index < -0.39 is 0 Å². The van der Waals surface area contributed by atoms with Crippen molar-refractivity contribution in [3.8, 4) is 11.3 Å². The fourth-order valence-corrected chi connectivity index (χ4v) is 2.00. The summed E-state index contributed by atoms with van der Waals surface area (Å²) < 4.78 is 2.50. The number of rotatable bonds is 2. The SMILES string of the molecule is CC(C)n1nc(-c2cccc(Br)c2)ccc1=O. The molecule has 0 saturated carbocycles. The zero-order valence-electron chi connectivity index (χ0n) is 9.72. The lowest BCUT2D eigenvalue weighted by atomic mass is 10.1. The molecule has 0 aliphatic heterocycles. The molecule has 1 aromatic heterocycles. The Labute approximate surface area is 108 Å².